The maximum atomic E-state index is 12.4. The summed E-state index contributed by atoms with van der Waals surface area (Å²) in [6.45, 7) is 1.87. The van der Waals surface area contributed by atoms with Crippen molar-refractivity contribution >= 4 is 22.0 Å². The number of nitrogens with one attached hydrogen (secondary N) is 3. The monoisotopic (exact) mass is 399 g/mol. The highest BCUT2D eigenvalue weighted by Gasteiger charge is 2.25. The number of carbonyl (C=O) groups excluding carboxylic acids is 1. The van der Waals surface area contributed by atoms with E-state index in [-0.39, 0.29) is 30.9 Å². The van der Waals surface area contributed by atoms with E-state index in [0.717, 1.165) is 0 Å². The maximum absolute atomic E-state index is 12.4. The highest BCUT2D eigenvalue weighted by Crippen LogP contribution is 2.16. The largest absolute Gasteiger partial charge is 0.481 e. The first-order valence-electron chi connectivity index (χ1n) is 7.85. The number of rotatable bonds is 10. The van der Waals surface area contributed by atoms with Gasteiger partial charge in [0, 0.05) is 6.54 Å². The highest BCUT2D eigenvalue weighted by molar-refractivity contribution is 7.89. The SMILES string of the molecule is CC#CCOc1ccc(S(=O)(=O)N[C@H](CCCNC(=O)O)C(=O)NO)cc1. The Labute approximate surface area is 156 Å². The molecule has 148 valence electrons. The van der Waals surface area contributed by atoms with Gasteiger partial charge in [-0.3, -0.25) is 10.0 Å². The first kappa shape index (κ1) is 22.2. The summed E-state index contributed by atoms with van der Waals surface area (Å²) in [5.41, 5.74) is 1.39. The van der Waals surface area contributed by atoms with Gasteiger partial charge in [-0.15, -0.1) is 5.92 Å². The summed E-state index contributed by atoms with van der Waals surface area (Å²) in [5, 5.41) is 19.4. The average Bonchev–Trinajstić information content (AvgIpc) is 2.64. The lowest BCUT2D eigenvalue weighted by Gasteiger charge is -2.17. The Morgan fingerprint density at radius 2 is 1.93 bits per heavy atom. The van der Waals surface area contributed by atoms with Gasteiger partial charge in [0.25, 0.3) is 5.91 Å². The second-order valence-corrected chi connectivity index (χ2v) is 6.92. The molecule has 0 fully saturated rings. The lowest BCUT2D eigenvalue weighted by Crippen LogP contribution is -2.46. The van der Waals surface area contributed by atoms with Crippen LogP contribution in [-0.4, -0.2) is 49.9 Å². The molecular formula is C16H21N3O7S. The van der Waals surface area contributed by atoms with Gasteiger partial charge in [-0.05, 0) is 44.0 Å². The van der Waals surface area contributed by atoms with Crippen molar-refractivity contribution in [3.63, 3.8) is 0 Å². The molecule has 10 nitrogen and oxygen atoms in total. The molecule has 0 spiro atoms. The van der Waals surface area contributed by atoms with Crippen molar-refractivity contribution in [1.29, 1.82) is 0 Å². The summed E-state index contributed by atoms with van der Waals surface area (Å²) < 4.78 is 32.3. The van der Waals surface area contributed by atoms with Crippen LogP contribution in [-0.2, 0) is 14.8 Å². The molecule has 0 unspecified atom stereocenters. The molecule has 0 saturated heterocycles. The zero-order valence-electron chi connectivity index (χ0n) is 14.6. The van der Waals surface area contributed by atoms with Crippen LogP contribution in [0.1, 0.15) is 19.8 Å². The first-order valence-corrected chi connectivity index (χ1v) is 9.34. The fraction of sp³-hybridized carbons (Fsp3) is 0.375. The fourth-order valence-electron chi connectivity index (χ4n) is 1.98. The summed E-state index contributed by atoms with van der Waals surface area (Å²) in [6.07, 6.45) is -1.08. The standard InChI is InChI=1S/C16H21N3O7S/c1-2-3-11-26-12-6-8-13(9-7-12)27(24,25)19-14(15(20)18-23)5-4-10-17-16(21)22/h6-9,14,17,19,23H,4-5,10-11H2,1H3,(H,18,20)(H,21,22)/t14-/m1/s1. The summed E-state index contributed by atoms with van der Waals surface area (Å²) in [7, 11) is -4.05. The van der Waals surface area contributed by atoms with Crippen LogP contribution in [0.3, 0.4) is 0 Å². The van der Waals surface area contributed by atoms with E-state index in [0.29, 0.717) is 5.75 Å². The number of hydrogen-bond acceptors (Lipinski definition) is 6. The van der Waals surface area contributed by atoms with Crippen molar-refractivity contribution in [3.8, 4) is 17.6 Å². The zero-order chi connectivity index (χ0) is 20.3. The lowest BCUT2D eigenvalue weighted by atomic mass is 10.1. The Hall–Kier alpha value is -2.81. The average molecular weight is 399 g/mol. The Bertz CT molecular complexity index is 798. The van der Waals surface area contributed by atoms with Crippen LogP contribution in [0.5, 0.6) is 5.75 Å². The predicted octanol–water partition coefficient (Wildman–Crippen LogP) is 0.289. The van der Waals surface area contributed by atoms with Crippen molar-refractivity contribution in [2.75, 3.05) is 13.2 Å². The van der Waals surface area contributed by atoms with E-state index in [9.17, 15) is 18.0 Å². The van der Waals surface area contributed by atoms with Crippen molar-refractivity contribution in [2.24, 2.45) is 0 Å². The van der Waals surface area contributed by atoms with Gasteiger partial charge < -0.3 is 15.2 Å². The molecule has 0 heterocycles. The molecule has 0 aliphatic rings. The lowest BCUT2D eigenvalue weighted by molar-refractivity contribution is -0.131. The second-order valence-electron chi connectivity index (χ2n) is 5.21. The second kappa shape index (κ2) is 11.0. The number of hydroxylamine groups is 1. The van der Waals surface area contributed by atoms with E-state index >= 15 is 0 Å². The van der Waals surface area contributed by atoms with Crippen molar-refractivity contribution < 1.29 is 33.1 Å². The van der Waals surface area contributed by atoms with E-state index in [1.165, 1.54) is 29.7 Å². The van der Waals surface area contributed by atoms with E-state index in [1.807, 2.05) is 0 Å². The van der Waals surface area contributed by atoms with Crippen LogP contribution >= 0.6 is 0 Å². The summed E-state index contributed by atoms with van der Waals surface area (Å²) >= 11 is 0. The number of carbonyl (C=O) groups is 2. The molecule has 0 aliphatic heterocycles. The van der Waals surface area contributed by atoms with Gasteiger partial charge >= 0.3 is 6.09 Å². The minimum Gasteiger partial charge on any atom is -0.481 e. The van der Waals surface area contributed by atoms with Gasteiger partial charge in [-0.1, -0.05) is 5.92 Å². The molecule has 1 aromatic carbocycles. The van der Waals surface area contributed by atoms with Crippen LogP contribution in [0, 0.1) is 11.8 Å². The third kappa shape index (κ3) is 7.95. The number of sulfonamides is 1. The molecule has 27 heavy (non-hydrogen) atoms. The number of amides is 2. The molecule has 5 N–H and O–H groups in total. The van der Waals surface area contributed by atoms with E-state index < -0.39 is 28.1 Å². The molecule has 0 aromatic heterocycles. The van der Waals surface area contributed by atoms with Crippen LogP contribution in [0.2, 0.25) is 0 Å². The molecule has 0 saturated carbocycles. The van der Waals surface area contributed by atoms with Gasteiger partial charge in [-0.25, -0.2) is 18.7 Å². The number of hydrogen-bond donors (Lipinski definition) is 5. The quantitative estimate of drug-likeness (QED) is 0.164. The zero-order valence-corrected chi connectivity index (χ0v) is 15.4. The molecule has 2 amide bonds. The topological polar surface area (TPSA) is 154 Å². The third-order valence-electron chi connectivity index (χ3n) is 3.29. The van der Waals surface area contributed by atoms with Gasteiger partial charge in [0.15, 0.2) is 0 Å². The first-order chi connectivity index (χ1) is 12.8. The molecule has 0 bridgehead atoms. The molecule has 0 radical (unpaired) electrons. The number of carboxylic acid groups (broad SMARTS) is 1. The molecule has 0 aliphatic carbocycles. The smallest absolute Gasteiger partial charge is 0.404 e. The van der Waals surface area contributed by atoms with Gasteiger partial charge in [-0.2, -0.15) is 4.72 Å². The van der Waals surface area contributed by atoms with E-state index in [1.54, 1.807) is 6.92 Å². The molecule has 11 heteroatoms. The van der Waals surface area contributed by atoms with Crippen molar-refractivity contribution in [1.82, 2.24) is 15.5 Å². The van der Waals surface area contributed by atoms with Crippen LogP contribution < -0.4 is 20.3 Å². The van der Waals surface area contributed by atoms with Gasteiger partial charge in [0.1, 0.15) is 18.4 Å². The molecule has 1 atom stereocenters. The van der Waals surface area contributed by atoms with E-state index in [2.05, 4.69) is 21.9 Å². The van der Waals surface area contributed by atoms with Gasteiger partial charge in [0.05, 0.1) is 4.90 Å². The Morgan fingerprint density at radius 3 is 2.48 bits per heavy atom. The van der Waals surface area contributed by atoms with Gasteiger partial charge in [0.2, 0.25) is 10.0 Å². The van der Waals surface area contributed by atoms with Crippen molar-refractivity contribution in [3.05, 3.63) is 24.3 Å². The molecule has 1 rings (SSSR count). The van der Waals surface area contributed by atoms with E-state index in [4.69, 9.17) is 15.1 Å². The normalized spacial score (nSPS) is 11.6. The summed E-state index contributed by atoms with van der Waals surface area (Å²) in [5.74, 6) is 4.85. The summed E-state index contributed by atoms with van der Waals surface area (Å²) in [4.78, 5) is 22.0. The van der Waals surface area contributed by atoms with Crippen LogP contribution in [0.25, 0.3) is 0 Å². The number of benzene rings is 1. The highest BCUT2D eigenvalue weighted by atomic mass is 32.2. The summed E-state index contributed by atoms with van der Waals surface area (Å²) in [6, 6.07) is 4.23. The fourth-order valence-corrected chi connectivity index (χ4v) is 3.21. The maximum Gasteiger partial charge on any atom is 0.404 e. The van der Waals surface area contributed by atoms with Crippen LogP contribution in [0.4, 0.5) is 4.79 Å². The third-order valence-corrected chi connectivity index (χ3v) is 4.78. The minimum absolute atomic E-state index is 0.0250. The van der Waals surface area contributed by atoms with Crippen molar-refractivity contribution in [2.45, 2.75) is 30.7 Å². The Balaban J connectivity index is 2.78. The van der Waals surface area contributed by atoms with Crippen LogP contribution in [0.15, 0.2) is 29.2 Å². The number of ether oxygens (including phenoxy) is 1. The minimum atomic E-state index is -4.05. The Kier molecular flexibility index (Phi) is 9.07. The molecule has 1 aromatic rings. The Morgan fingerprint density at radius 1 is 1.26 bits per heavy atom. The predicted molar refractivity (Wildman–Crippen MR) is 94.7 cm³/mol. The molecular weight excluding hydrogens is 378 g/mol.